The second-order valence-electron chi connectivity index (χ2n) is 3.52. The lowest BCUT2D eigenvalue weighted by Crippen LogP contribution is -1.85. The van der Waals surface area contributed by atoms with E-state index in [1.807, 2.05) is 0 Å². The van der Waals surface area contributed by atoms with Gasteiger partial charge in [0.15, 0.2) is 0 Å². The van der Waals surface area contributed by atoms with Crippen LogP contribution >= 0.6 is 23.2 Å². The van der Waals surface area contributed by atoms with Crippen molar-refractivity contribution in [2.24, 2.45) is 0 Å². The van der Waals surface area contributed by atoms with E-state index in [4.69, 9.17) is 23.2 Å². The number of hydrogen-bond donors (Lipinski definition) is 0. The van der Waals surface area contributed by atoms with Gasteiger partial charge >= 0.3 is 0 Å². The molecule has 0 radical (unpaired) electrons. The van der Waals surface area contributed by atoms with Gasteiger partial charge in [-0.05, 0) is 29.8 Å². The van der Waals surface area contributed by atoms with Crippen LogP contribution in [0.2, 0.25) is 10.0 Å². The van der Waals surface area contributed by atoms with Crippen molar-refractivity contribution >= 4 is 29.5 Å². The number of halogens is 3. The molecular weight excluding hydrogens is 262 g/mol. The third-order valence-electron chi connectivity index (χ3n) is 2.30. The lowest BCUT2D eigenvalue weighted by molar-refractivity contribution is 0.112. The van der Waals surface area contributed by atoms with Crippen LogP contribution < -0.4 is 0 Å². The number of benzene rings is 2. The highest BCUT2D eigenvalue weighted by Crippen LogP contribution is 2.30. The van der Waals surface area contributed by atoms with Crippen LogP contribution in [0.1, 0.15) is 10.4 Å². The summed E-state index contributed by atoms with van der Waals surface area (Å²) in [6, 6.07) is 8.99. The summed E-state index contributed by atoms with van der Waals surface area (Å²) in [6.07, 6.45) is 0.703. The molecule has 0 saturated heterocycles. The fourth-order valence-electron chi connectivity index (χ4n) is 1.55. The lowest BCUT2D eigenvalue weighted by Gasteiger charge is -2.06. The van der Waals surface area contributed by atoms with Gasteiger partial charge in [-0.15, -0.1) is 0 Å². The maximum atomic E-state index is 13.2. The average Bonchev–Trinajstić information content (AvgIpc) is 2.27. The molecule has 2 aromatic carbocycles. The Hall–Kier alpha value is -1.38. The van der Waals surface area contributed by atoms with Gasteiger partial charge in [0.25, 0.3) is 0 Å². The summed E-state index contributed by atoms with van der Waals surface area (Å²) < 4.78 is 13.2. The molecule has 2 rings (SSSR count). The molecule has 0 aliphatic carbocycles. The van der Waals surface area contributed by atoms with Crippen LogP contribution in [-0.4, -0.2) is 6.29 Å². The van der Waals surface area contributed by atoms with Crippen molar-refractivity contribution in [1.82, 2.24) is 0 Å². The number of rotatable bonds is 2. The molecule has 0 spiro atoms. The van der Waals surface area contributed by atoms with Crippen molar-refractivity contribution in [2.75, 3.05) is 0 Å². The lowest BCUT2D eigenvalue weighted by atomic mass is 10.0. The van der Waals surface area contributed by atoms with Gasteiger partial charge in [-0.3, -0.25) is 4.79 Å². The Labute approximate surface area is 108 Å². The maximum absolute atomic E-state index is 13.2. The molecule has 0 bridgehead atoms. The highest BCUT2D eigenvalue weighted by molar-refractivity contribution is 6.34. The molecular formula is C13H7Cl2FO. The number of carbonyl (C=O) groups is 1. The van der Waals surface area contributed by atoms with Crippen molar-refractivity contribution in [3.63, 3.8) is 0 Å². The van der Waals surface area contributed by atoms with Gasteiger partial charge in [0.05, 0.1) is 0 Å². The molecule has 2 aromatic rings. The molecule has 0 aliphatic heterocycles. The quantitative estimate of drug-likeness (QED) is 0.727. The largest absolute Gasteiger partial charge is 0.298 e. The van der Waals surface area contributed by atoms with E-state index in [0.717, 1.165) is 0 Å². The molecule has 0 aliphatic rings. The second kappa shape index (κ2) is 4.86. The van der Waals surface area contributed by atoms with E-state index in [1.54, 1.807) is 18.2 Å². The molecule has 0 unspecified atom stereocenters. The van der Waals surface area contributed by atoms with Crippen LogP contribution in [0.3, 0.4) is 0 Å². The van der Waals surface area contributed by atoms with Crippen molar-refractivity contribution in [3.05, 3.63) is 57.8 Å². The van der Waals surface area contributed by atoms with Gasteiger partial charge in [0.2, 0.25) is 0 Å². The van der Waals surface area contributed by atoms with Gasteiger partial charge in [-0.1, -0.05) is 35.3 Å². The van der Waals surface area contributed by atoms with Crippen LogP contribution in [0.15, 0.2) is 36.4 Å². The van der Waals surface area contributed by atoms with Crippen molar-refractivity contribution < 1.29 is 9.18 Å². The number of carbonyl (C=O) groups excluding carboxylic acids is 1. The summed E-state index contributed by atoms with van der Waals surface area (Å²) in [4.78, 5) is 10.6. The predicted molar refractivity (Wildman–Crippen MR) is 67.2 cm³/mol. The van der Waals surface area contributed by atoms with Crippen LogP contribution in [0.5, 0.6) is 0 Å². The summed E-state index contributed by atoms with van der Waals surface area (Å²) in [7, 11) is 0. The first-order valence-corrected chi connectivity index (χ1v) is 5.57. The van der Waals surface area contributed by atoms with Crippen molar-refractivity contribution in [3.8, 4) is 11.1 Å². The standard InChI is InChI=1S/C13H7Cl2FO/c14-10-4-9(5-11(16)6-10)12-2-1-8(7-17)3-13(12)15/h1-7H. The van der Waals surface area contributed by atoms with Gasteiger partial charge in [-0.25, -0.2) is 4.39 Å². The van der Waals surface area contributed by atoms with Gasteiger partial charge in [0, 0.05) is 21.2 Å². The first-order valence-electron chi connectivity index (χ1n) is 4.81. The minimum Gasteiger partial charge on any atom is -0.298 e. The van der Waals surface area contributed by atoms with E-state index >= 15 is 0 Å². The Morgan fingerprint density at radius 1 is 1.06 bits per heavy atom. The number of hydrogen-bond acceptors (Lipinski definition) is 1. The zero-order chi connectivity index (χ0) is 12.4. The molecule has 0 amide bonds. The van der Waals surface area contributed by atoms with E-state index in [0.29, 0.717) is 33.0 Å². The van der Waals surface area contributed by atoms with Gasteiger partial charge in [0.1, 0.15) is 12.1 Å². The summed E-state index contributed by atoms with van der Waals surface area (Å²) in [5.74, 6) is -0.428. The maximum Gasteiger partial charge on any atom is 0.150 e. The fourth-order valence-corrected chi connectivity index (χ4v) is 2.07. The molecule has 1 nitrogen and oxygen atoms in total. The molecule has 0 atom stereocenters. The zero-order valence-corrected chi connectivity index (χ0v) is 10.1. The third kappa shape index (κ3) is 2.65. The summed E-state index contributed by atoms with van der Waals surface area (Å²) in [6.45, 7) is 0. The minimum atomic E-state index is -0.428. The molecule has 0 heterocycles. The van der Waals surface area contributed by atoms with Crippen LogP contribution in [0.25, 0.3) is 11.1 Å². The molecule has 17 heavy (non-hydrogen) atoms. The first-order chi connectivity index (χ1) is 8.10. The van der Waals surface area contributed by atoms with Crippen LogP contribution in [0.4, 0.5) is 4.39 Å². The molecule has 0 aromatic heterocycles. The zero-order valence-electron chi connectivity index (χ0n) is 8.58. The van der Waals surface area contributed by atoms with Crippen LogP contribution in [-0.2, 0) is 0 Å². The Morgan fingerprint density at radius 3 is 2.41 bits per heavy atom. The SMILES string of the molecule is O=Cc1ccc(-c2cc(F)cc(Cl)c2)c(Cl)c1. The van der Waals surface area contributed by atoms with E-state index in [-0.39, 0.29) is 0 Å². The van der Waals surface area contributed by atoms with Crippen molar-refractivity contribution in [2.45, 2.75) is 0 Å². The average molecular weight is 269 g/mol. The van der Waals surface area contributed by atoms with E-state index in [1.165, 1.54) is 18.2 Å². The first kappa shape index (κ1) is 12.1. The smallest absolute Gasteiger partial charge is 0.150 e. The Bertz CT molecular complexity index is 561. The van der Waals surface area contributed by atoms with Crippen molar-refractivity contribution in [1.29, 1.82) is 0 Å². The highest BCUT2D eigenvalue weighted by atomic mass is 35.5. The van der Waals surface area contributed by atoms with Crippen LogP contribution in [0, 0.1) is 5.82 Å². The summed E-state index contributed by atoms with van der Waals surface area (Å²) in [5.41, 5.74) is 1.69. The summed E-state index contributed by atoms with van der Waals surface area (Å²) in [5, 5.41) is 0.687. The summed E-state index contributed by atoms with van der Waals surface area (Å²) >= 11 is 11.8. The van der Waals surface area contributed by atoms with E-state index in [2.05, 4.69) is 0 Å². The number of aldehydes is 1. The minimum absolute atomic E-state index is 0.301. The highest BCUT2D eigenvalue weighted by Gasteiger charge is 2.07. The molecule has 4 heteroatoms. The third-order valence-corrected chi connectivity index (χ3v) is 2.83. The topological polar surface area (TPSA) is 17.1 Å². The van der Waals surface area contributed by atoms with Gasteiger partial charge < -0.3 is 0 Å². The molecule has 0 saturated carbocycles. The van der Waals surface area contributed by atoms with E-state index in [9.17, 15) is 9.18 Å². The molecule has 86 valence electrons. The Morgan fingerprint density at radius 2 is 1.82 bits per heavy atom. The fraction of sp³-hybridized carbons (Fsp3) is 0. The monoisotopic (exact) mass is 268 g/mol. The molecule has 0 fully saturated rings. The van der Waals surface area contributed by atoms with Gasteiger partial charge in [-0.2, -0.15) is 0 Å². The molecule has 0 N–H and O–H groups in total. The second-order valence-corrected chi connectivity index (χ2v) is 4.36. The van der Waals surface area contributed by atoms with E-state index < -0.39 is 5.82 Å². The predicted octanol–water partition coefficient (Wildman–Crippen LogP) is 4.61. The Balaban J connectivity index is 2.56. The normalized spacial score (nSPS) is 10.3. The Kier molecular flexibility index (Phi) is 3.46.